The lowest BCUT2D eigenvalue weighted by molar-refractivity contribution is -0.122. The monoisotopic (exact) mass is 386 g/mol. The fourth-order valence-corrected chi connectivity index (χ4v) is 3.47. The number of aromatic amines is 2. The molecule has 0 radical (unpaired) electrons. The summed E-state index contributed by atoms with van der Waals surface area (Å²) in [5.41, 5.74) is 1.08. The molecule has 28 heavy (non-hydrogen) atoms. The number of ether oxygens (including phenoxy) is 1. The largest absolute Gasteiger partial charge is 0.497 e. The second-order valence-electron chi connectivity index (χ2n) is 6.89. The standard InChI is InChI=1S/C18H22N6O4/c1-27-12-4-5-14-13(8-12)20-18(28-14)24-6-2-3-11(10-24)7-16(25)19-9-15-21-17(26)23-22-15/h4-5,8,11H,2-3,6-7,9-10H2,1H3,(H,19,25)(H2,21,22,23,26). The van der Waals surface area contributed by atoms with Crippen LogP contribution in [0.25, 0.3) is 11.1 Å². The molecule has 1 aromatic carbocycles. The van der Waals surface area contributed by atoms with E-state index in [0.29, 0.717) is 30.4 Å². The van der Waals surface area contributed by atoms with Crippen molar-refractivity contribution in [3.63, 3.8) is 0 Å². The van der Waals surface area contributed by atoms with Crippen LogP contribution in [0.15, 0.2) is 27.4 Å². The summed E-state index contributed by atoms with van der Waals surface area (Å²) in [5.74, 6) is 1.28. The number of benzene rings is 1. The average Bonchev–Trinajstić information content (AvgIpc) is 3.32. The van der Waals surface area contributed by atoms with Gasteiger partial charge >= 0.3 is 5.69 Å². The van der Waals surface area contributed by atoms with Crippen molar-refractivity contribution in [1.82, 2.24) is 25.5 Å². The zero-order valence-corrected chi connectivity index (χ0v) is 15.5. The number of carbonyl (C=O) groups excluding carboxylic acids is 1. The number of methoxy groups -OCH3 is 1. The van der Waals surface area contributed by atoms with Crippen molar-refractivity contribution in [3.8, 4) is 5.75 Å². The lowest BCUT2D eigenvalue weighted by Gasteiger charge is -2.31. The first-order chi connectivity index (χ1) is 13.6. The summed E-state index contributed by atoms with van der Waals surface area (Å²) in [7, 11) is 1.62. The molecule has 148 valence electrons. The van der Waals surface area contributed by atoms with Crippen molar-refractivity contribution in [2.75, 3.05) is 25.1 Å². The first-order valence-corrected chi connectivity index (χ1v) is 9.20. The highest BCUT2D eigenvalue weighted by Crippen LogP contribution is 2.29. The van der Waals surface area contributed by atoms with Gasteiger partial charge in [-0.25, -0.2) is 9.89 Å². The molecule has 1 aliphatic rings. The predicted octanol–water partition coefficient (Wildman–Crippen LogP) is 1.17. The van der Waals surface area contributed by atoms with Gasteiger partial charge in [0.2, 0.25) is 5.91 Å². The molecule has 0 bridgehead atoms. The van der Waals surface area contributed by atoms with Gasteiger partial charge in [-0.05, 0) is 30.9 Å². The number of amides is 1. The van der Waals surface area contributed by atoms with Gasteiger partial charge in [-0.2, -0.15) is 10.1 Å². The topological polar surface area (TPSA) is 129 Å². The summed E-state index contributed by atoms with van der Waals surface area (Å²) in [4.78, 5) is 32.4. The number of rotatable bonds is 6. The number of H-pyrrole nitrogens is 2. The van der Waals surface area contributed by atoms with E-state index in [1.807, 2.05) is 18.2 Å². The molecule has 3 heterocycles. The molecule has 10 nitrogen and oxygen atoms in total. The number of nitrogens with zero attached hydrogens (tertiary/aromatic N) is 3. The van der Waals surface area contributed by atoms with Crippen LogP contribution < -0.4 is 20.6 Å². The summed E-state index contributed by atoms with van der Waals surface area (Å²) in [6.45, 7) is 1.74. The molecule has 1 saturated heterocycles. The Hall–Kier alpha value is -3.30. The van der Waals surface area contributed by atoms with Gasteiger partial charge in [-0.15, -0.1) is 0 Å². The Morgan fingerprint density at radius 2 is 2.36 bits per heavy atom. The highest BCUT2D eigenvalue weighted by atomic mass is 16.5. The lowest BCUT2D eigenvalue weighted by atomic mass is 9.94. The quantitative estimate of drug-likeness (QED) is 0.580. The second-order valence-corrected chi connectivity index (χ2v) is 6.89. The molecule has 1 fully saturated rings. The Morgan fingerprint density at radius 1 is 1.46 bits per heavy atom. The van der Waals surface area contributed by atoms with Gasteiger partial charge in [0, 0.05) is 25.6 Å². The number of hydrogen-bond donors (Lipinski definition) is 3. The van der Waals surface area contributed by atoms with Gasteiger partial charge in [-0.3, -0.25) is 9.78 Å². The maximum absolute atomic E-state index is 12.2. The van der Waals surface area contributed by atoms with E-state index in [2.05, 4.69) is 30.4 Å². The number of carbonyl (C=O) groups is 1. The molecule has 1 atom stereocenters. The molecule has 0 aliphatic carbocycles. The van der Waals surface area contributed by atoms with Crippen LogP contribution in [-0.4, -0.2) is 46.3 Å². The van der Waals surface area contributed by atoms with Crippen molar-refractivity contribution < 1.29 is 13.9 Å². The Kier molecular flexibility index (Phi) is 5.00. The van der Waals surface area contributed by atoms with E-state index < -0.39 is 0 Å². The Balaban J connectivity index is 1.36. The van der Waals surface area contributed by atoms with Crippen LogP contribution in [0.5, 0.6) is 5.75 Å². The molecule has 0 spiro atoms. The molecule has 3 aromatic rings. The van der Waals surface area contributed by atoms with Gasteiger partial charge < -0.3 is 19.4 Å². The minimum atomic E-state index is -0.386. The summed E-state index contributed by atoms with van der Waals surface area (Å²) in [5, 5.41) is 8.83. The maximum atomic E-state index is 12.2. The van der Waals surface area contributed by atoms with Crippen LogP contribution >= 0.6 is 0 Å². The third-order valence-electron chi connectivity index (χ3n) is 4.85. The number of fused-ring (bicyclic) bond motifs is 1. The van der Waals surface area contributed by atoms with Crippen LogP contribution in [-0.2, 0) is 11.3 Å². The molecule has 0 saturated carbocycles. The fraction of sp³-hybridized carbons (Fsp3) is 0.444. The molecule has 4 rings (SSSR count). The van der Waals surface area contributed by atoms with Crippen molar-refractivity contribution in [2.24, 2.45) is 5.92 Å². The van der Waals surface area contributed by atoms with Gasteiger partial charge in [0.15, 0.2) is 5.58 Å². The molecule has 2 aromatic heterocycles. The molecule has 10 heteroatoms. The van der Waals surface area contributed by atoms with Crippen molar-refractivity contribution in [2.45, 2.75) is 25.8 Å². The fourth-order valence-electron chi connectivity index (χ4n) is 3.47. The summed E-state index contributed by atoms with van der Waals surface area (Å²) < 4.78 is 11.1. The van der Waals surface area contributed by atoms with Crippen LogP contribution in [0.2, 0.25) is 0 Å². The molecule has 1 unspecified atom stereocenters. The minimum Gasteiger partial charge on any atom is -0.497 e. The zero-order chi connectivity index (χ0) is 19.5. The first kappa shape index (κ1) is 18.1. The SMILES string of the molecule is COc1ccc2oc(N3CCCC(CC(=O)NCc4n[nH]c(=O)[nH]4)C3)nc2c1. The Bertz CT molecular complexity index is 1020. The van der Waals surface area contributed by atoms with Crippen LogP contribution in [0.1, 0.15) is 25.1 Å². The van der Waals surface area contributed by atoms with E-state index in [1.54, 1.807) is 7.11 Å². The van der Waals surface area contributed by atoms with Gasteiger partial charge in [0.05, 0.1) is 13.7 Å². The van der Waals surface area contributed by atoms with Crippen molar-refractivity contribution in [1.29, 1.82) is 0 Å². The van der Waals surface area contributed by atoms with Gasteiger partial charge in [-0.1, -0.05) is 0 Å². The number of oxazole rings is 1. The second kappa shape index (κ2) is 7.75. The van der Waals surface area contributed by atoms with Crippen LogP contribution in [0.3, 0.4) is 0 Å². The lowest BCUT2D eigenvalue weighted by Crippen LogP contribution is -2.38. The van der Waals surface area contributed by atoms with Gasteiger partial charge in [0.25, 0.3) is 6.01 Å². The molecular weight excluding hydrogens is 364 g/mol. The number of nitrogens with one attached hydrogen (secondary N) is 3. The average molecular weight is 386 g/mol. The smallest absolute Gasteiger partial charge is 0.340 e. The van der Waals surface area contributed by atoms with E-state index in [1.165, 1.54) is 0 Å². The van der Waals surface area contributed by atoms with Crippen LogP contribution in [0.4, 0.5) is 6.01 Å². The van der Waals surface area contributed by atoms with E-state index in [4.69, 9.17) is 9.15 Å². The van der Waals surface area contributed by atoms with Crippen LogP contribution in [0, 0.1) is 5.92 Å². The van der Waals surface area contributed by atoms with Gasteiger partial charge in [0.1, 0.15) is 17.1 Å². The van der Waals surface area contributed by atoms with E-state index in [-0.39, 0.29) is 24.1 Å². The number of anilines is 1. The first-order valence-electron chi connectivity index (χ1n) is 9.20. The van der Waals surface area contributed by atoms with Crippen molar-refractivity contribution in [3.05, 3.63) is 34.5 Å². The summed E-state index contributed by atoms with van der Waals surface area (Å²) >= 11 is 0. The Labute approximate surface area is 160 Å². The predicted molar refractivity (Wildman–Crippen MR) is 101 cm³/mol. The number of aromatic nitrogens is 4. The van der Waals surface area contributed by atoms with Crippen molar-refractivity contribution >= 4 is 23.0 Å². The summed E-state index contributed by atoms with van der Waals surface area (Å²) in [6, 6.07) is 6.10. The van der Waals surface area contributed by atoms with E-state index in [9.17, 15) is 9.59 Å². The Morgan fingerprint density at radius 3 is 3.14 bits per heavy atom. The third kappa shape index (κ3) is 4.00. The third-order valence-corrected chi connectivity index (χ3v) is 4.85. The highest BCUT2D eigenvalue weighted by molar-refractivity contribution is 5.77. The molecule has 1 aliphatic heterocycles. The molecular formula is C18H22N6O4. The highest BCUT2D eigenvalue weighted by Gasteiger charge is 2.25. The maximum Gasteiger partial charge on any atom is 0.340 e. The van der Waals surface area contributed by atoms with E-state index in [0.717, 1.165) is 30.7 Å². The van der Waals surface area contributed by atoms with E-state index >= 15 is 0 Å². The number of hydrogen-bond acceptors (Lipinski definition) is 7. The summed E-state index contributed by atoms with van der Waals surface area (Å²) in [6.07, 6.45) is 2.34. The minimum absolute atomic E-state index is 0.0713. The normalized spacial score (nSPS) is 17.0. The number of piperidine rings is 1. The zero-order valence-electron chi connectivity index (χ0n) is 15.5. The molecule has 1 amide bonds. The molecule has 3 N–H and O–H groups in total.